The molecule has 0 radical (unpaired) electrons. The number of fused-ring (bicyclic) bond motifs is 1. The van der Waals surface area contributed by atoms with E-state index in [1.54, 1.807) is 4.90 Å². The Morgan fingerprint density at radius 2 is 1.83 bits per heavy atom. The molecule has 2 aliphatic heterocycles. The summed E-state index contributed by atoms with van der Waals surface area (Å²) in [5.41, 5.74) is 3.99. The fourth-order valence-corrected chi connectivity index (χ4v) is 4.75. The summed E-state index contributed by atoms with van der Waals surface area (Å²) in [5, 5.41) is 3.49. The number of hydrogen-bond donors (Lipinski definition) is 1. The van der Waals surface area contributed by atoms with Crippen molar-refractivity contribution >= 4 is 23.5 Å². The average Bonchev–Trinajstić information content (AvgIpc) is 2.88. The smallest absolute Gasteiger partial charge is 0.410 e. The van der Waals surface area contributed by atoms with Crippen LogP contribution < -0.4 is 10.2 Å². The Morgan fingerprint density at radius 1 is 1.06 bits per heavy atom. The number of aromatic nitrogens is 3. The second-order valence-electron chi connectivity index (χ2n) is 10.4. The third-order valence-corrected chi connectivity index (χ3v) is 6.55. The monoisotopic (exact) mass is 486 g/mol. The van der Waals surface area contributed by atoms with Crippen molar-refractivity contribution < 1.29 is 9.53 Å². The van der Waals surface area contributed by atoms with Crippen molar-refractivity contribution in [1.82, 2.24) is 19.9 Å². The van der Waals surface area contributed by atoms with Crippen LogP contribution in [0, 0.1) is 0 Å². The number of hydrogen-bond acceptors (Lipinski definition) is 7. The first-order chi connectivity index (χ1) is 17.4. The summed E-state index contributed by atoms with van der Waals surface area (Å²) in [4.78, 5) is 30.5. The molecule has 1 saturated heterocycles. The van der Waals surface area contributed by atoms with E-state index < -0.39 is 5.60 Å². The normalized spacial score (nSPS) is 16.4. The number of benzene rings is 1. The van der Waals surface area contributed by atoms with Gasteiger partial charge in [-0.05, 0) is 64.2 Å². The molecule has 36 heavy (non-hydrogen) atoms. The van der Waals surface area contributed by atoms with Crippen LogP contribution in [0.1, 0.15) is 45.6 Å². The van der Waals surface area contributed by atoms with Gasteiger partial charge < -0.3 is 19.9 Å². The first kappa shape index (κ1) is 24.0. The number of rotatable bonds is 4. The molecule has 2 aromatic heterocycles. The number of nitrogens with one attached hydrogen (secondary N) is 1. The fraction of sp³-hybridized carbons (Fsp3) is 0.429. The van der Waals surface area contributed by atoms with Gasteiger partial charge in [0, 0.05) is 49.3 Å². The summed E-state index contributed by atoms with van der Waals surface area (Å²) in [6.45, 7) is 7.88. The van der Waals surface area contributed by atoms with Crippen LogP contribution in [0.4, 0.5) is 22.2 Å². The molecule has 188 valence electrons. The van der Waals surface area contributed by atoms with Crippen molar-refractivity contribution in [2.45, 2.75) is 58.1 Å². The maximum absolute atomic E-state index is 12.4. The van der Waals surface area contributed by atoms with E-state index in [2.05, 4.69) is 33.4 Å². The van der Waals surface area contributed by atoms with Crippen LogP contribution in [-0.2, 0) is 11.2 Å². The lowest BCUT2D eigenvalue weighted by molar-refractivity contribution is 0.0210. The molecule has 0 bridgehead atoms. The van der Waals surface area contributed by atoms with E-state index in [1.807, 2.05) is 57.4 Å². The van der Waals surface area contributed by atoms with Crippen LogP contribution in [-0.4, -0.2) is 57.2 Å². The molecular weight excluding hydrogens is 452 g/mol. The van der Waals surface area contributed by atoms with E-state index in [0.717, 1.165) is 55.0 Å². The Bertz CT molecular complexity index is 1200. The largest absolute Gasteiger partial charge is 0.444 e. The van der Waals surface area contributed by atoms with E-state index in [1.165, 1.54) is 5.56 Å². The van der Waals surface area contributed by atoms with Gasteiger partial charge in [-0.2, -0.15) is 4.98 Å². The van der Waals surface area contributed by atoms with Crippen molar-refractivity contribution in [2.75, 3.05) is 29.9 Å². The number of likely N-dealkylation sites (tertiary alicyclic amines) is 1. The first-order valence-corrected chi connectivity index (χ1v) is 12.8. The molecule has 0 aliphatic carbocycles. The molecule has 1 amide bonds. The topological polar surface area (TPSA) is 83.5 Å². The molecule has 1 aromatic carbocycles. The van der Waals surface area contributed by atoms with E-state index in [4.69, 9.17) is 14.7 Å². The van der Waals surface area contributed by atoms with Crippen molar-refractivity contribution in [3.05, 3.63) is 60.4 Å². The summed E-state index contributed by atoms with van der Waals surface area (Å²) in [6, 6.07) is 14.6. The number of ether oxygens (including phenoxy) is 1. The first-order valence-electron chi connectivity index (χ1n) is 12.8. The van der Waals surface area contributed by atoms with Gasteiger partial charge in [-0.15, -0.1) is 0 Å². The summed E-state index contributed by atoms with van der Waals surface area (Å²) >= 11 is 0. The lowest BCUT2D eigenvalue weighted by atomic mass is 10.0. The number of piperidine rings is 1. The lowest BCUT2D eigenvalue weighted by Gasteiger charge is -2.34. The maximum atomic E-state index is 12.4. The Hall–Kier alpha value is -3.68. The predicted octanol–water partition coefficient (Wildman–Crippen LogP) is 5.43. The zero-order valence-corrected chi connectivity index (χ0v) is 21.3. The lowest BCUT2D eigenvalue weighted by Crippen LogP contribution is -2.44. The molecular formula is C28H34N6O2. The van der Waals surface area contributed by atoms with Gasteiger partial charge in [0.05, 0.1) is 5.69 Å². The van der Waals surface area contributed by atoms with Crippen molar-refractivity contribution in [1.29, 1.82) is 0 Å². The molecule has 8 heteroatoms. The van der Waals surface area contributed by atoms with Gasteiger partial charge in [-0.3, -0.25) is 4.98 Å². The number of amides is 1. The van der Waals surface area contributed by atoms with Crippen LogP contribution in [0.5, 0.6) is 0 Å². The molecule has 4 heterocycles. The minimum atomic E-state index is -0.481. The van der Waals surface area contributed by atoms with E-state index in [-0.39, 0.29) is 12.1 Å². The highest BCUT2D eigenvalue weighted by Gasteiger charge is 2.27. The third-order valence-electron chi connectivity index (χ3n) is 6.55. The Labute approximate surface area is 212 Å². The van der Waals surface area contributed by atoms with Crippen LogP contribution in [0.15, 0.2) is 54.9 Å². The second kappa shape index (κ2) is 10.1. The van der Waals surface area contributed by atoms with E-state index >= 15 is 0 Å². The highest BCUT2D eigenvalue weighted by atomic mass is 16.6. The number of nitrogens with zero attached hydrogens (tertiary/aromatic N) is 5. The van der Waals surface area contributed by atoms with Crippen LogP contribution in [0.2, 0.25) is 0 Å². The van der Waals surface area contributed by atoms with E-state index in [0.29, 0.717) is 19.0 Å². The molecule has 8 nitrogen and oxygen atoms in total. The SMILES string of the molecule is CC(C)(C)OC(=O)N1CCC(Nc2nccc(N3CCCc4cnc(-c5ccccc5)cc43)n2)CC1. The molecule has 1 fully saturated rings. The molecule has 3 aromatic rings. The third kappa shape index (κ3) is 5.58. The van der Waals surface area contributed by atoms with Crippen molar-refractivity contribution in [3.8, 4) is 11.3 Å². The quantitative estimate of drug-likeness (QED) is 0.526. The molecule has 0 atom stereocenters. The standard InChI is InChI=1S/C28H34N6O2/c1-28(2,3)36-27(35)33-16-12-22(13-17-33)31-26-29-14-11-25(32-26)34-15-7-10-21-19-30-23(18-24(21)34)20-8-5-4-6-9-20/h4-6,8-9,11,14,18-19,22H,7,10,12-13,15-17H2,1-3H3,(H,29,31,32). The van der Waals surface area contributed by atoms with Gasteiger partial charge in [-0.25, -0.2) is 9.78 Å². The summed E-state index contributed by atoms with van der Waals surface area (Å²) < 4.78 is 5.51. The molecule has 0 saturated carbocycles. The Kier molecular flexibility index (Phi) is 6.76. The zero-order chi connectivity index (χ0) is 25.1. The summed E-state index contributed by atoms with van der Waals surface area (Å²) in [7, 11) is 0. The molecule has 0 spiro atoms. The minimum absolute atomic E-state index is 0.210. The molecule has 1 N–H and O–H groups in total. The number of pyridine rings is 1. The number of aryl methyl sites for hydroxylation is 1. The van der Waals surface area contributed by atoms with Crippen molar-refractivity contribution in [3.63, 3.8) is 0 Å². The Balaban J connectivity index is 1.28. The average molecular weight is 487 g/mol. The number of carbonyl (C=O) groups excluding carboxylic acids is 1. The van der Waals surface area contributed by atoms with Gasteiger partial charge in [0.2, 0.25) is 5.95 Å². The highest BCUT2D eigenvalue weighted by Crippen LogP contribution is 2.35. The zero-order valence-electron chi connectivity index (χ0n) is 21.3. The Morgan fingerprint density at radius 3 is 2.58 bits per heavy atom. The second-order valence-corrected chi connectivity index (χ2v) is 10.4. The molecule has 0 unspecified atom stereocenters. The van der Waals surface area contributed by atoms with Crippen LogP contribution >= 0.6 is 0 Å². The van der Waals surface area contributed by atoms with Crippen LogP contribution in [0.3, 0.4) is 0 Å². The van der Waals surface area contributed by atoms with Gasteiger partial charge in [-0.1, -0.05) is 30.3 Å². The van der Waals surface area contributed by atoms with Gasteiger partial charge >= 0.3 is 6.09 Å². The van der Waals surface area contributed by atoms with Gasteiger partial charge in [0.1, 0.15) is 11.4 Å². The van der Waals surface area contributed by atoms with Gasteiger partial charge in [0.15, 0.2) is 0 Å². The van der Waals surface area contributed by atoms with Gasteiger partial charge in [0.25, 0.3) is 0 Å². The summed E-state index contributed by atoms with van der Waals surface area (Å²) in [6.07, 6.45) is 7.29. The maximum Gasteiger partial charge on any atom is 0.410 e. The van der Waals surface area contributed by atoms with Crippen LogP contribution in [0.25, 0.3) is 11.3 Å². The highest BCUT2D eigenvalue weighted by molar-refractivity contribution is 5.72. The molecule has 5 rings (SSSR count). The van der Waals surface area contributed by atoms with E-state index in [9.17, 15) is 4.79 Å². The van der Waals surface area contributed by atoms with Crippen molar-refractivity contribution in [2.24, 2.45) is 0 Å². The number of carbonyl (C=O) groups is 1. The fourth-order valence-electron chi connectivity index (χ4n) is 4.75. The summed E-state index contributed by atoms with van der Waals surface area (Å²) in [5.74, 6) is 1.50. The molecule has 2 aliphatic rings. The minimum Gasteiger partial charge on any atom is -0.444 e. The number of anilines is 3. The predicted molar refractivity (Wildman–Crippen MR) is 141 cm³/mol.